The molecule has 2 aromatic rings. The van der Waals surface area contributed by atoms with Gasteiger partial charge in [0.05, 0.1) is 24.7 Å². The predicted octanol–water partition coefficient (Wildman–Crippen LogP) is 3.72. The topological polar surface area (TPSA) is 136 Å². The van der Waals surface area contributed by atoms with E-state index < -0.39 is 6.09 Å². The maximum atomic E-state index is 11.9. The highest BCUT2D eigenvalue weighted by Gasteiger charge is 2.21. The highest BCUT2D eigenvalue weighted by molar-refractivity contribution is 8.13. The zero-order valence-corrected chi connectivity index (χ0v) is 20.8. The average Bonchev–Trinajstić information content (AvgIpc) is 2.86. The Morgan fingerprint density at radius 3 is 2.51 bits per heavy atom. The van der Waals surface area contributed by atoms with Gasteiger partial charge in [-0.3, -0.25) is 4.79 Å². The van der Waals surface area contributed by atoms with Gasteiger partial charge in [0, 0.05) is 24.7 Å². The molecule has 35 heavy (non-hydrogen) atoms. The van der Waals surface area contributed by atoms with Gasteiger partial charge >= 0.3 is 6.09 Å². The maximum absolute atomic E-state index is 11.9. The number of hydrogen-bond acceptors (Lipinski definition) is 7. The molecule has 0 bridgehead atoms. The fourth-order valence-corrected chi connectivity index (χ4v) is 3.85. The smallest absolute Gasteiger partial charge is 0.434 e. The van der Waals surface area contributed by atoms with E-state index in [0.29, 0.717) is 35.1 Å². The Hall–Kier alpha value is -3.63. The molecule has 4 N–H and O–H groups in total. The van der Waals surface area contributed by atoms with Crippen molar-refractivity contribution in [3.05, 3.63) is 71.8 Å². The van der Waals surface area contributed by atoms with Crippen LogP contribution in [0.4, 0.5) is 10.5 Å². The van der Waals surface area contributed by atoms with Crippen LogP contribution >= 0.6 is 11.8 Å². The Balaban J connectivity index is 2.39. The summed E-state index contributed by atoms with van der Waals surface area (Å²) in [5.41, 5.74) is 8.72. The van der Waals surface area contributed by atoms with Crippen molar-refractivity contribution in [2.75, 3.05) is 31.8 Å². The Bertz CT molecular complexity index is 1100. The van der Waals surface area contributed by atoms with Crippen LogP contribution in [0, 0.1) is 0 Å². The van der Waals surface area contributed by atoms with Crippen LogP contribution in [0.1, 0.15) is 29.5 Å². The third-order valence-electron chi connectivity index (χ3n) is 4.79. The van der Waals surface area contributed by atoms with Gasteiger partial charge < -0.3 is 25.6 Å². The Labute approximate surface area is 209 Å². The molecule has 10 heteroatoms. The Morgan fingerprint density at radius 1 is 1.23 bits per heavy atom. The van der Waals surface area contributed by atoms with Crippen molar-refractivity contribution in [2.24, 2.45) is 15.7 Å². The molecule has 0 aliphatic heterocycles. The van der Waals surface area contributed by atoms with Crippen molar-refractivity contribution in [1.29, 1.82) is 0 Å². The molecule has 0 heterocycles. The Kier molecular flexibility index (Phi) is 11.0. The molecule has 186 valence electrons. The summed E-state index contributed by atoms with van der Waals surface area (Å²) in [5, 5.41) is 13.6. The zero-order chi connectivity index (χ0) is 25.8. The summed E-state index contributed by atoms with van der Waals surface area (Å²) >= 11 is 1.33. The van der Waals surface area contributed by atoms with Crippen molar-refractivity contribution >= 4 is 40.3 Å². The number of aliphatic imine (C=N–C) groups is 2. The van der Waals surface area contributed by atoms with Crippen LogP contribution in [0.2, 0.25) is 0 Å². The minimum absolute atomic E-state index is 0.143. The lowest BCUT2D eigenvalue weighted by Gasteiger charge is -2.21. The van der Waals surface area contributed by atoms with E-state index in [2.05, 4.69) is 21.9 Å². The van der Waals surface area contributed by atoms with Crippen molar-refractivity contribution in [1.82, 2.24) is 0 Å². The standard InChI is InChI=1S/C25H30N4O5S/c1-5-10-34-21-12-17(15-30)11-19(13-21)22(24(35-4)29-25(32)33-3)14-27-20-8-6-18(7-9-20)23(26)28-16(2)31/h5-9,11-13,22,27,30H,1,10,14-15H2,2-4H3,(H2,26,28,31)/b29-24-. The number of anilines is 1. The van der Waals surface area contributed by atoms with Gasteiger partial charge in [-0.15, -0.1) is 11.8 Å². The summed E-state index contributed by atoms with van der Waals surface area (Å²) in [6, 6.07) is 12.6. The summed E-state index contributed by atoms with van der Waals surface area (Å²) in [5.74, 6) is -0.0153. The lowest BCUT2D eigenvalue weighted by atomic mass is 9.97. The molecule has 9 nitrogen and oxygen atoms in total. The molecule has 0 saturated heterocycles. The minimum atomic E-state index is -0.703. The second kappa shape index (κ2) is 13.9. The van der Waals surface area contributed by atoms with E-state index in [1.165, 1.54) is 25.8 Å². The molecule has 1 atom stereocenters. The maximum Gasteiger partial charge on any atom is 0.434 e. The number of amides is 2. The Morgan fingerprint density at radius 2 is 1.94 bits per heavy atom. The van der Waals surface area contributed by atoms with Crippen molar-refractivity contribution in [3.63, 3.8) is 0 Å². The first-order chi connectivity index (χ1) is 16.8. The van der Waals surface area contributed by atoms with Crippen molar-refractivity contribution in [3.8, 4) is 5.75 Å². The number of nitrogens with zero attached hydrogens (tertiary/aromatic N) is 2. The molecule has 2 rings (SSSR count). The number of hydrogen-bond donors (Lipinski definition) is 3. The number of ether oxygens (including phenoxy) is 2. The molecular weight excluding hydrogens is 468 g/mol. The molecule has 2 amide bonds. The zero-order valence-electron chi connectivity index (χ0n) is 20.0. The molecular formula is C25H30N4O5S. The van der Waals surface area contributed by atoms with Gasteiger partial charge in [-0.25, -0.2) is 4.79 Å². The van der Waals surface area contributed by atoms with Crippen LogP contribution in [-0.4, -0.2) is 54.5 Å². The quantitative estimate of drug-likeness (QED) is 0.256. The largest absolute Gasteiger partial charge is 0.490 e. The fraction of sp³-hybridized carbons (Fsp3) is 0.280. The third kappa shape index (κ3) is 8.58. The van der Waals surface area contributed by atoms with Crippen LogP contribution in [0.15, 0.2) is 65.1 Å². The highest BCUT2D eigenvalue weighted by atomic mass is 32.2. The number of rotatable bonds is 10. The van der Waals surface area contributed by atoms with Crippen molar-refractivity contribution in [2.45, 2.75) is 19.4 Å². The molecule has 0 spiro atoms. The van der Waals surface area contributed by atoms with E-state index in [-0.39, 0.29) is 24.3 Å². The molecule has 0 saturated carbocycles. The number of benzene rings is 2. The van der Waals surface area contributed by atoms with Crippen molar-refractivity contribution < 1.29 is 24.2 Å². The number of carbonyl (C=O) groups is 2. The number of aliphatic hydroxyl groups is 1. The number of methoxy groups -OCH3 is 1. The van der Waals surface area contributed by atoms with Gasteiger partial charge in [0.25, 0.3) is 0 Å². The second-order valence-corrected chi connectivity index (χ2v) is 8.15. The lowest BCUT2D eigenvalue weighted by molar-refractivity contribution is -0.115. The highest BCUT2D eigenvalue weighted by Crippen LogP contribution is 2.29. The van der Waals surface area contributed by atoms with E-state index in [1.807, 2.05) is 30.5 Å². The molecule has 1 unspecified atom stereocenters. The molecule has 2 aromatic carbocycles. The van der Waals surface area contributed by atoms with Gasteiger partial charge in [-0.2, -0.15) is 9.98 Å². The molecule has 0 aromatic heterocycles. The SMILES string of the molecule is C=CCOc1cc(CO)cc(C(CNc2ccc(C(N)=NC(C)=O)cc2)/C(=N/C(=O)OC)SC)c1. The van der Waals surface area contributed by atoms with Gasteiger partial charge in [-0.05, 0) is 53.8 Å². The summed E-state index contributed by atoms with van der Waals surface area (Å²) in [6.07, 6.45) is 2.75. The van der Waals surface area contributed by atoms with Gasteiger partial charge in [0.1, 0.15) is 18.2 Å². The molecule has 0 fully saturated rings. The predicted molar refractivity (Wildman–Crippen MR) is 140 cm³/mol. The van der Waals surface area contributed by atoms with Crippen LogP contribution in [0.25, 0.3) is 0 Å². The number of amidine groups is 1. The number of aliphatic hydroxyl groups excluding tert-OH is 1. The monoisotopic (exact) mass is 498 g/mol. The normalized spacial score (nSPS) is 12.6. The fourth-order valence-electron chi connectivity index (χ4n) is 3.18. The summed E-state index contributed by atoms with van der Waals surface area (Å²) in [7, 11) is 1.27. The molecule has 0 aliphatic carbocycles. The summed E-state index contributed by atoms with van der Waals surface area (Å²) in [6.45, 7) is 5.51. The first-order valence-corrected chi connectivity index (χ1v) is 11.9. The first kappa shape index (κ1) is 27.6. The number of thioether (sulfide) groups is 1. The summed E-state index contributed by atoms with van der Waals surface area (Å²) in [4.78, 5) is 31.0. The number of carbonyl (C=O) groups excluding carboxylic acids is 2. The van der Waals surface area contributed by atoms with E-state index in [1.54, 1.807) is 24.3 Å². The first-order valence-electron chi connectivity index (χ1n) is 10.7. The van der Waals surface area contributed by atoms with E-state index in [4.69, 9.17) is 15.2 Å². The van der Waals surface area contributed by atoms with E-state index >= 15 is 0 Å². The minimum Gasteiger partial charge on any atom is -0.490 e. The van der Waals surface area contributed by atoms with Crippen LogP contribution in [-0.2, 0) is 16.1 Å². The van der Waals surface area contributed by atoms with Gasteiger partial charge in [0.15, 0.2) is 0 Å². The van der Waals surface area contributed by atoms with Gasteiger partial charge in [-0.1, -0.05) is 18.7 Å². The second-order valence-electron chi connectivity index (χ2n) is 7.32. The number of nitrogens with one attached hydrogen (secondary N) is 1. The molecule has 0 radical (unpaired) electrons. The van der Waals surface area contributed by atoms with Crippen LogP contribution < -0.4 is 15.8 Å². The third-order valence-corrected chi connectivity index (χ3v) is 5.59. The van der Waals surface area contributed by atoms with E-state index in [9.17, 15) is 14.7 Å². The van der Waals surface area contributed by atoms with E-state index in [0.717, 1.165) is 11.3 Å². The number of nitrogens with two attached hydrogens (primary N) is 1. The average molecular weight is 499 g/mol. The lowest BCUT2D eigenvalue weighted by Crippen LogP contribution is -2.21. The summed E-state index contributed by atoms with van der Waals surface area (Å²) < 4.78 is 10.4. The molecule has 0 aliphatic rings. The van der Waals surface area contributed by atoms with Crippen LogP contribution in [0.3, 0.4) is 0 Å². The van der Waals surface area contributed by atoms with Gasteiger partial charge in [0.2, 0.25) is 5.91 Å². The van der Waals surface area contributed by atoms with Crippen LogP contribution in [0.5, 0.6) is 5.75 Å².